The number of methoxy groups -OCH3 is 2. The fourth-order valence-electron chi connectivity index (χ4n) is 8.55. The second kappa shape index (κ2) is 12.5. The number of ether oxygens (including phenoxy) is 2. The molecule has 4 saturated carbocycles. The Bertz CT molecular complexity index is 1360. The van der Waals surface area contributed by atoms with E-state index in [1.165, 1.54) is 30.2 Å². The zero-order chi connectivity index (χ0) is 29.1. The minimum atomic E-state index is -0.278. The summed E-state index contributed by atoms with van der Waals surface area (Å²) in [4.78, 5) is 35.7. The van der Waals surface area contributed by atoms with Gasteiger partial charge in [0.1, 0.15) is 5.75 Å². The van der Waals surface area contributed by atoms with E-state index < -0.39 is 0 Å². The van der Waals surface area contributed by atoms with Gasteiger partial charge in [0, 0.05) is 56.0 Å². The molecule has 0 unspecified atom stereocenters. The Hall–Kier alpha value is -3.32. The van der Waals surface area contributed by atoms with Crippen molar-refractivity contribution in [1.29, 1.82) is 0 Å². The molecule has 1 heterocycles. The summed E-state index contributed by atoms with van der Waals surface area (Å²) in [6.45, 7) is 2.21. The van der Waals surface area contributed by atoms with Crippen molar-refractivity contribution in [3.05, 3.63) is 65.9 Å². The molecule has 224 valence electrons. The lowest BCUT2D eigenvalue weighted by Gasteiger charge is -2.56. The van der Waals surface area contributed by atoms with E-state index in [0.717, 1.165) is 48.9 Å². The standard InChI is InChI=1S/C35H45N3O4/c1-41-15-7-13-38(34(40)35-19-25-16-26(20-35)18-27(17-25)21-35)24-33(39)37(23-29-8-3-6-11-32(29)42-2)14-12-28-22-36-31-10-5-4-9-30(28)31/h3-6,8-11,22,25-27,36H,7,12-21,23-24H2,1-2H3. The third-order valence-electron chi connectivity index (χ3n) is 10.1. The van der Waals surface area contributed by atoms with E-state index in [4.69, 9.17) is 9.47 Å². The number of aromatic nitrogens is 1. The van der Waals surface area contributed by atoms with E-state index in [-0.39, 0.29) is 23.8 Å². The van der Waals surface area contributed by atoms with E-state index in [1.54, 1.807) is 14.2 Å². The van der Waals surface area contributed by atoms with Gasteiger partial charge in [0.25, 0.3) is 0 Å². The lowest BCUT2D eigenvalue weighted by Crippen LogP contribution is -2.56. The van der Waals surface area contributed by atoms with E-state index >= 15 is 0 Å². The van der Waals surface area contributed by atoms with Crippen LogP contribution in [0.25, 0.3) is 10.9 Å². The Morgan fingerprint density at radius 3 is 2.29 bits per heavy atom. The predicted molar refractivity (Wildman–Crippen MR) is 164 cm³/mol. The second-order valence-corrected chi connectivity index (χ2v) is 13.0. The van der Waals surface area contributed by atoms with Gasteiger partial charge in [-0.25, -0.2) is 0 Å². The van der Waals surface area contributed by atoms with Crippen LogP contribution in [0, 0.1) is 23.2 Å². The van der Waals surface area contributed by atoms with Gasteiger partial charge in [-0.1, -0.05) is 36.4 Å². The maximum Gasteiger partial charge on any atom is 0.242 e. The van der Waals surface area contributed by atoms with Crippen molar-refractivity contribution in [1.82, 2.24) is 14.8 Å². The maximum atomic E-state index is 14.4. The number of amides is 2. The number of hydrogen-bond donors (Lipinski definition) is 1. The summed E-state index contributed by atoms with van der Waals surface area (Å²) in [5.41, 5.74) is 2.97. The molecule has 0 spiro atoms. The highest BCUT2D eigenvalue weighted by molar-refractivity contribution is 5.88. The predicted octanol–water partition coefficient (Wildman–Crippen LogP) is 5.83. The second-order valence-electron chi connectivity index (χ2n) is 13.0. The van der Waals surface area contributed by atoms with Crippen LogP contribution in [0.5, 0.6) is 5.75 Å². The molecule has 0 saturated heterocycles. The third kappa shape index (κ3) is 5.94. The van der Waals surface area contributed by atoms with E-state index in [0.29, 0.717) is 44.0 Å². The third-order valence-corrected chi connectivity index (χ3v) is 10.1. The monoisotopic (exact) mass is 571 g/mol. The lowest BCUT2D eigenvalue weighted by molar-refractivity contribution is -0.160. The molecule has 1 aromatic heterocycles. The van der Waals surface area contributed by atoms with Crippen LogP contribution in [-0.2, 0) is 27.3 Å². The van der Waals surface area contributed by atoms with Crippen molar-refractivity contribution >= 4 is 22.7 Å². The molecule has 4 fully saturated rings. The number of fused-ring (bicyclic) bond motifs is 1. The zero-order valence-electron chi connectivity index (χ0n) is 25.1. The maximum absolute atomic E-state index is 14.4. The Kier molecular flexibility index (Phi) is 8.57. The highest BCUT2D eigenvalue weighted by Gasteiger charge is 2.55. The van der Waals surface area contributed by atoms with E-state index in [9.17, 15) is 9.59 Å². The van der Waals surface area contributed by atoms with Crippen molar-refractivity contribution in [2.45, 2.75) is 57.9 Å². The summed E-state index contributed by atoms with van der Waals surface area (Å²) < 4.78 is 11.0. The first-order chi connectivity index (χ1) is 20.5. The largest absolute Gasteiger partial charge is 0.496 e. The van der Waals surface area contributed by atoms with Gasteiger partial charge < -0.3 is 24.3 Å². The fraction of sp³-hybridized carbons (Fsp3) is 0.543. The van der Waals surface area contributed by atoms with Crippen molar-refractivity contribution in [2.75, 3.05) is 40.5 Å². The summed E-state index contributed by atoms with van der Waals surface area (Å²) in [5.74, 6) is 2.99. The molecule has 0 atom stereocenters. The minimum absolute atomic E-state index is 0.0174. The van der Waals surface area contributed by atoms with Crippen LogP contribution in [0.4, 0.5) is 0 Å². The van der Waals surface area contributed by atoms with Gasteiger partial charge in [-0.05, 0) is 86.8 Å². The summed E-state index contributed by atoms with van der Waals surface area (Å²) in [6.07, 6.45) is 10.3. The zero-order valence-corrected chi connectivity index (χ0v) is 25.1. The van der Waals surface area contributed by atoms with Crippen LogP contribution in [0.15, 0.2) is 54.7 Å². The number of rotatable bonds is 13. The smallest absolute Gasteiger partial charge is 0.242 e. The first-order valence-corrected chi connectivity index (χ1v) is 15.7. The highest BCUT2D eigenvalue weighted by atomic mass is 16.5. The van der Waals surface area contributed by atoms with Crippen LogP contribution >= 0.6 is 0 Å². The number of aromatic amines is 1. The molecular formula is C35H45N3O4. The average molecular weight is 572 g/mol. The SMILES string of the molecule is COCCCN(CC(=O)N(CCc1c[nH]c2ccccc12)Cc1ccccc1OC)C(=O)C12CC3CC(CC(C3)C1)C2. The van der Waals surface area contributed by atoms with E-state index in [2.05, 4.69) is 17.1 Å². The number of nitrogens with one attached hydrogen (secondary N) is 1. The molecule has 0 aliphatic heterocycles. The number of nitrogens with zero attached hydrogens (tertiary/aromatic N) is 2. The van der Waals surface area contributed by atoms with Crippen LogP contribution in [0.3, 0.4) is 0 Å². The fourth-order valence-corrected chi connectivity index (χ4v) is 8.55. The summed E-state index contributed by atoms with van der Waals surface area (Å²) in [5, 5.41) is 1.18. The Morgan fingerprint density at radius 1 is 0.881 bits per heavy atom. The summed E-state index contributed by atoms with van der Waals surface area (Å²) >= 11 is 0. The topological polar surface area (TPSA) is 74.9 Å². The number of carbonyl (C=O) groups excluding carboxylic acids is 2. The molecule has 4 aliphatic carbocycles. The van der Waals surface area contributed by atoms with Crippen LogP contribution in [-0.4, -0.2) is 67.1 Å². The molecular weight excluding hydrogens is 526 g/mol. The van der Waals surface area contributed by atoms with Gasteiger partial charge in [-0.15, -0.1) is 0 Å². The normalized spacial score (nSPS) is 24.2. The number of H-pyrrole nitrogens is 1. The molecule has 4 bridgehead atoms. The molecule has 7 rings (SSSR count). The molecule has 4 aliphatic rings. The van der Waals surface area contributed by atoms with Gasteiger partial charge >= 0.3 is 0 Å². The molecule has 2 aromatic carbocycles. The Labute approximate surface area is 249 Å². The molecule has 7 nitrogen and oxygen atoms in total. The first-order valence-electron chi connectivity index (χ1n) is 15.7. The van der Waals surface area contributed by atoms with Crippen molar-refractivity contribution < 1.29 is 19.1 Å². The summed E-state index contributed by atoms with van der Waals surface area (Å²) in [6, 6.07) is 16.1. The first kappa shape index (κ1) is 28.8. The van der Waals surface area contributed by atoms with Crippen molar-refractivity contribution in [3.63, 3.8) is 0 Å². The Balaban J connectivity index is 1.23. The molecule has 0 radical (unpaired) electrons. The van der Waals surface area contributed by atoms with Crippen molar-refractivity contribution in [3.8, 4) is 5.75 Å². The number of hydrogen-bond acceptors (Lipinski definition) is 4. The van der Waals surface area contributed by atoms with Crippen LogP contribution in [0.1, 0.15) is 56.1 Å². The van der Waals surface area contributed by atoms with Gasteiger partial charge in [0.05, 0.1) is 19.1 Å². The molecule has 1 N–H and O–H groups in total. The number of benzene rings is 2. The molecule has 42 heavy (non-hydrogen) atoms. The minimum Gasteiger partial charge on any atom is -0.496 e. The molecule has 2 amide bonds. The number of para-hydroxylation sites is 2. The lowest BCUT2D eigenvalue weighted by atomic mass is 9.49. The van der Waals surface area contributed by atoms with Gasteiger partial charge in [-0.3, -0.25) is 9.59 Å². The molecule has 7 heteroatoms. The van der Waals surface area contributed by atoms with E-state index in [1.807, 2.05) is 52.4 Å². The summed E-state index contributed by atoms with van der Waals surface area (Å²) in [7, 11) is 3.36. The van der Waals surface area contributed by atoms with Crippen molar-refractivity contribution in [2.24, 2.45) is 23.2 Å². The van der Waals surface area contributed by atoms with Gasteiger partial charge in [0.2, 0.25) is 11.8 Å². The van der Waals surface area contributed by atoms with Gasteiger partial charge in [-0.2, -0.15) is 0 Å². The quantitative estimate of drug-likeness (QED) is 0.262. The van der Waals surface area contributed by atoms with Gasteiger partial charge in [0.15, 0.2) is 0 Å². The highest BCUT2D eigenvalue weighted by Crippen LogP contribution is 2.60. The average Bonchev–Trinajstić information content (AvgIpc) is 3.41. The molecule has 3 aromatic rings. The van der Waals surface area contributed by atoms with Crippen LogP contribution in [0.2, 0.25) is 0 Å². The number of carbonyl (C=O) groups is 2. The Morgan fingerprint density at radius 2 is 1.57 bits per heavy atom. The van der Waals surface area contributed by atoms with Crippen LogP contribution < -0.4 is 4.74 Å².